The molecule has 2 heterocycles. The molecule has 2 aromatic carbocycles. The minimum atomic E-state index is -0.775. The Hall–Kier alpha value is -2.42. The number of rotatable bonds is 6. The number of anilines is 1. The molecule has 0 saturated carbocycles. The Morgan fingerprint density at radius 3 is 2.19 bits per heavy atom. The summed E-state index contributed by atoms with van der Waals surface area (Å²) in [4.78, 5) is 19.1. The van der Waals surface area contributed by atoms with Gasteiger partial charge in [-0.1, -0.05) is 40.2 Å². The maximum Gasteiger partial charge on any atom is 0.325 e. The summed E-state index contributed by atoms with van der Waals surface area (Å²) in [5.74, 6) is 4.45. The second-order valence-corrected chi connectivity index (χ2v) is 9.37. The normalized spacial score (nSPS) is 20.0. The van der Waals surface area contributed by atoms with Crippen LogP contribution in [-0.4, -0.2) is 72.4 Å². The lowest BCUT2D eigenvalue weighted by molar-refractivity contribution is -0.144. The van der Waals surface area contributed by atoms with E-state index in [0.29, 0.717) is 6.04 Å². The first-order valence-corrected chi connectivity index (χ1v) is 11.9. The van der Waals surface area contributed by atoms with Gasteiger partial charge in [0.15, 0.2) is 0 Å². The van der Waals surface area contributed by atoms with Crippen molar-refractivity contribution < 1.29 is 9.90 Å². The number of likely N-dealkylation sites (tertiary alicyclic amines) is 1. The number of carboxylic acids is 1. The van der Waals surface area contributed by atoms with Crippen LogP contribution in [0.15, 0.2) is 58.1 Å². The van der Waals surface area contributed by atoms with E-state index in [4.69, 9.17) is 5.84 Å². The highest BCUT2D eigenvalue weighted by Crippen LogP contribution is 2.28. The lowest BCUT2D eigenvalue weighted by Crippen LogP contribution is -2.54. The number of aliphatic carboxylic acids is 1. The highest BCUT2D eigenvalue weighted by molar-refractivity contribution is 9.10. The van der Waals surface area contributed by atoms with Crippen LogP contribution in [0.2, 0.25) is 0 Å². The molecule has 4 rings (SSSR count). The second-order valence-electron chi connectivity index (χ2n) is 8.45. The zero-order valence-corrected chi connectivity index (χ0v) is 19.7. The van der Waals surface area contributed by atoms with E-state index < -0.39 is 12.0 Å². The third-order valence-corrected chi connectivity index (χ3v) is 7.13. The largest absolute Gasteiger partial charge is 0.480 e. The molecule has 0 bridgehead atoms. The van der Waals surface area contributed by atoms with Crippen LogP contribution in [0, 0.1) is 0 Å². The number of halogens is 1. The minimum absolute atomic E-state index is 0.524. The molecule has 32 heavy (non-hydrogen) atoms. The van der Waals surface area contributed by atoms with E-state index in [1.807, 2.05) is 36.4 Å². The maximum atomic E-state index is 12.0. The van der Waals surface area contributed by atoms with E-state index in [0.717, 1.165) is 67.7 Å². The highest BCUT2D eigenvalue weighted by Gasteiger charge is 2.33. The Bertz CT molecular complexity index is 918. The molecule has 0 radical (unpaired) electrons. The number of hydrogen-bond acceptors (Lipinski definition) is 6. The van der Waals surface area contributed by atoms with Crippen molar-refractivity contribution in [2.75, 3.05) is 44.2 Å². The highest BCUT2D eigenvalue weighted by atomic mass is 79.9. The van der Waals surface area contributed by atoms with Gasteiger partial charge >= 0.3 is 5.97 Å². The van der Waals surface area contributed by atoms with Crippen LogP contribution >= 0.6 is 15.9 Å². The number of nitrogens with two attached hydrogens (primary N) is 1. The number of piperazine rings is 1. The number of carboxylic acid groups (broad SMARTS) is 1. The van der Waals surface area contributed by atoms with Crippen LogP contribution in [0.1, 0.15) is 30.0 Å². The van der Waals surface area contributed by atoms with Gasteiger partial charge in [0.25, 0.3) is 0 Å². The summed E-state index contributed by atoms with van der Waals surface area (Å²) in [7, 11) is 0. The molecule has 3 N–H and O–H groups in total. The zero-order valence-electron chi connectivity index (χ0n) is 18.1. The Kier molecular flexibility index (Phi) is 7.44. The van der Waals surface area contributed by atoms with Crippen molar-refractivity contribution in [3.05, 3.63) is 64.1 Å². The Balaban J connectivity index is 1.30. The van der Waals surface area contributed by atoms with Crippen molar-refractivity contribution in [1.82, 2.24) is 9.80 Å². The summed E-state index contributed by atoms with van der Waals surface area (Å²) >= 11 is 3.43. The van der Waals surface area contributed by atoms with Crippen molar-refractivity contribution in [3.8, 4) is 0 Å². The van der Waals surface area contributed by atoms with E-state index in [2.05, 4.69) is 47.9 Å². The molecule has 2 fully saturated rings. The van der Waals surface area contributed by atoms with Crippen LogP contribution in [0.25, 0.3) is 0 Å². The first-order chi connectivity index (χ1) is 15.5. The summed E-state index contributed by atoms with van der Waals surface area (Å²) in [6.07, 6.45) is 3.67. The fraction of sp³-hybridized carbons (Fsp3) is 0.417. The average Bonchev–Trinajstić information content (AvgIpc) is 2.82. The van der Waals surface area contributed by atoms with E-state index >= 15 is 0 Å². The summed E-state index contributed by atoms with van der Waals surface area (Å²) in [5, 5.41) is 13.4. The Morgan fingerprint density at radius 2 is 1.62 bits per heavy atom. The van der Waals surface area contributed by atoms with Crippen molar-refractivity contribution >= 4 is 33.8 Å². The first kappa shape index (κ1) is 22.8. The molecule has 0 aromatic heterocycles. The molecule has 2 aliphatic rings. The van der Waals surface area contributed by atoms with E-state index in [1.165, 1.54) is 5.69 Å². The van der Waals surface area contributed by atoms with Gasteiger partial charge in [0.2, 0.25) is 0 Å². The molecular formula is C24H30BrN5O2. The number of benzene rings is 2. The van der Waals surface area contributed by atoms with Crippen LogP contribution in [0.5, 0.6) is 0 Å². The molecule has 1 atom stereocenters. The van der Waals surface area contributed by atoms with Gasteiger partial charge in [0.1, 0.15) is 6.04 Å². The van der Waals surface area contributed by atoms with Crippen LogP contribution in [0.4, 0.5) is 5.69 Å². The molecule has 2 aromatic rings. The fourth-order valence-electron chi connectivity index (χ4n) is 4.87. The van der Waals surface area contributed by atoms with Crippen LogP contribution < -0.4 is 10.7 Å². The van der Waals surface area contributed by atoms with E-state index in [-0.39, 0.29) is 0 Å². The molecule has 0 spiro atoms. The molecule has 170 valence electrons. The molecular weight excluding hydrogens is 470 g/mol. The number of nitrogens with zero attached hydrogens (tertiary/aromatic N) is 4. The smallest absolute Gasteiger partial charge is 0.325 e. The summed E-state index contributed by atoms with van der Waals surface area (Å²) in [6, 6.07) is 15.9. The van der Waals surface area contributed by atoms with Crippen molar-refractivity contribution in [3.63, 3.8) is 0 Å². The van der Waals surface area contributed by atoms with Gasteiger partial charge in [0.05, 0.1) is 6.21 Å². The number of carbonyl (C=O) groups is 1. The first-order valence-electron chi connectivity index (χ1n) is 11.1. The number of hydrazone groups is 1. The molecule has 2 aliphatic heterocycles. The summed E-state index contributed by atoms with van der Waals surface area (Å²) in [5.41, 5.74) is 3.08. The predicted octanol–water partition coefficient (Wildman–Crippen LogP) is 3.15. The lowest BCUT2D eigenvalue weighted by atomic mass is 9.97. The van der Waals surface area contributed by atoms with Crippen molar-refractivity contribution in [1.29, 1.82) is 0 Å². The predicted molar refractivity (Wildman–Crippen MR) is 131 cm³/mol. The summed E-state index contributed by atoms with van der Waals surface area (Å²) in [6.45, 7) is 5.68. The third kappa shape index (κ3) is 5.31. The average molecular weight is 500 g/mol. The maximum absolute atomic E-state index is 12.0. The van der Waals surface area contributed by atoms with Gasteiger partial charge in [-0.2, -0.15) is 5.10 Å². The second kappa shape index (κ2) is 10.5. The van der Waals surface area contributed by atoms with E-state index in [9.17, 15) is 9.90 Å². The third-order valence-electron chi connectivity index (χ3n) is 6.60. The van der Waals surface area contributed by atoms with Gasteiger partial charge in [0, 0.05) is 55.5 Å². The molecule has 7 nitrogen and oxygen atoms in total. The lowest BCUT2D eigenvalue weighted by Gasteiger charge is -2.44. The molecule has 2 saturated heterocycles. The molecule has 0 amide bonds. The van der Waals surface area contributed by atoms with Gasteiger partial charge in [-0.05, 0) is 48.2 Å². The zero-order chi connectivity index (χ0) is 22.5. The van der Waals surface area contributed by atoms with Crippen molar-refractivity contribution in [2.45, 2.75) is 24.9 Å². The van der Waals surface area contributed by atoms with Crippen molar-refractivity contribution in [2.24, 2.45) is 10.9 Å². The minimum Gasteiger partial charge on any atom is -0.480 e. The quantitative estimate of drug-likeness (QED) is 0.360. The number of hydrogen-bond donors (Lipinski definition) is 2. The van der Waals surface area contributed by atoms with Crippen LogP contribution in [-0.2, 0) is 4.79 Å². The topological polar surface area (TPSA) is 85.4 Å². The Morgan fingerprint density at radius 1 is 1.00 bits per heavy atom. The van der Waals surface area contributed by atoms with E-state index in [1.54, 1.807) is 6.21 Å². The standard InChI is InChI=1S/C24H30BrN5O2/c25-20-5-3-19(4-6-20)23(24(31)32)30-11-9-22(10-12-30)29-15-13-28(14-16-29)21-7-1-18(2-8-21)17-27-26/h1-8,17,22-23H,9-16,26H2,(H,31,32). The van der Waals surface area contributed by atoms with Gasteiger partial charge in [-0.25, -0.2) is 0 Å². The Labute approximate surface area is 197 Å². The number of piperidine rings is 1. The molecule has 0 aliphatic carbocycles. The van der Waals surface area contributed by atoms with Gasteiger partial charge in [-0.3, -0.25) is 14.6 Å². The SMILES string of the molecule is NN=Cc1ccc(N2CCN(C3CCN(C(C(=O)O)c4ccc(Br)cc4)CC3)CC2)cc1. The fourth-order valence-corrected chi connectivity index (χ4v) is 5.13. The monoisotopic (exact) mass is 499 g/mol. The van der Waals surface area contributed by atoms with Gasteiger partial charge < -0.3 is 15.8 Å². The van der Waals surface area contributed by atoms with Crippen LogP contribution in [0.3, 0.4) is 0 Å². The molecule has 1 unspecified atom stereocenters. The summed E-state index contributed by atoms with van der Waals surface area (Å²) < 4.78 is 0.962. The van der Waals surface area contributed by atoms with Gasteiger partial charge in [-0.15, -0.1) is 0 Å². The molecule has 8 heteroatoms.